The number of unbranched alkanes of at least 4 members (excludes halogenated alkanes) is 6. The van der Waals surface area contributed by atoms with Crippen LogP contribution in [-0.4, -0.2) is 20.5 Å². The molecule has 1 aromatic rings. The Kier molecular flexibility index (Phi) is 8.16. The van der Waals surface area contributed by atoms with E-state index < -0.39 is 0 Å². The van der Waals surface area contributed by atoms with Crippen molar-refractivity contribution in [2.75, 3.05) is 0 Å². The number of hydrogen-bond acceptors (Lipinski definition) is 3. The second-order valence-corrected chi connectivity index (χ2v) is 5.80. The molecule has 1 aromatic heterocycles. The van der Waals surface area contributed by atoms with Crippen LogP contribution >= 0.6 is 0 Å². The molecule has 1 heterocycles. The van der Waals surface area contributed by atoms with E-state index in [0.717, 1.165) is 12.2 Å². The number of hydrogen-bond donors (Lipinski definition) is 0. The summed E-state index contributed by atoms with van der Waals surface area (Å²) in [6, 6.07) is 0.263. The first-order valence-electron chi connectivity index (χ1n) is 8.05. The third-order valence-corrected chi connectivity index (χ3v) is 3.55. The van der Waals surface area contributed by atoms with Crippen LogP contribution < -0.4 is 0 Å². The Morgan fingerprint density at radius 3 is 2.45 bits per heavy atom. The van der Waals surface area contributed by atoms with Crippen molar-refractivity contribution in [2.45, 2.75) is 84.6 Å². The minimum absolute atomic E-state index is 0.263. The summed E-state index contributed by atoms with van der Waals surface area (Å²) in [7, 11) is 0. The fourth-order valence-electron chi connectivity index (χ4n) is 2.38. The lowest BCUT2D eigenvalue weighted by Gasteiger charge is -2.08. The second kappa shape index (κ2) is 9.67. The standard InChI is InChI=1S/C16H29N3O/c1-4-5-6-7-8-9-10-11-15(20)12-16-17-13-18-19(16)14(2)3/h13-14H,4-12H2,1-3H3. The molecule has 1 rings (SSSR count). The molecule has 0 aliphatic rings. The Bertz CT molecular complexity index is 385. The normalized spacial score (nSPS) is 11.2. The molecule has 0 amide bonds. The summed E-state index contributed by atoms with van der Waals surface area (Å²) in [5.41, 5.74) is 0. The van der Waals surface area contributed by atoms with E-state index in [4.69, 9.17) is 0 Å². The molecular weight excluding hydrogens is 250 g/mol. The van der Waals surface area contributed by atoms with Gasteiger partial charge in [-0.1, -0.05) is 45.4 Å². The first kappa shape index (κ1) is 16.9. The van der Waals surface area contributed by atoms with Crippen LogP contribution in [0.4, 0.5) is 0 Å². The largest absolute Gasteiger partial charge is 0.299 e. The Morgan fingerprint density at radius 1 is 1.15 bits per heavy atom. The number of aromatic nitrogens is 3. The van der Waals surface area contributed by atoms with Crippen LogP contribution in [0.15, 0.2) is 6.33 Å². The van der Waals surface area contributed by atoms with E-state index in [9.17, 15) is 4.79 Å². The van der Waals surface area contributed by atoms with Crippen molar-refractivity contribution in [3.8, 4) is 0 Å². The molecule has 0 saturated heterocycles. The van der Waals surface area contributed by atoms with Crippen molar-refractivity contribution in [3.05, 3.63) is 12.2 Å². The lowest BCUT2D eigenvalue weighted by atomic mass is 10.1. The summed E-state index contributed by atoms with van der Waals surface area (Å²) in [5, 5.41) is 4.16. The molecule has 4 nitrogen and oxygen atoms in total. The molecule has 114 valence electrons. The van der Waals surface area contributed by atoms with Gasteiger partial charge in [-0.25, -0.2) is 9.67 Å². The number of nitrogens with zero attached hydrogens (tertiary/aromatic N) is 3. The number of rotatable bonds is 11. The van der Waals surface area contributed by atoms with Crippen LogP contribution in [0, 0.1) is 0 Å². The molecule has 0 radical (unpaired) electrons. The maximum atomic E-state index is 11.9. The van der Waals surface area contributed by atoms with Crippen molar-refractivity contribution in [2.24, 2.45) is 0 Å². The van der Waals surface area contributed by atoms with Gasteiger partial charge in [0, 0.05) is 12.5 Å². The van der Waals surface area contributed by atoms with Crippen molar-refractivity contribution in [1.82, 2.24) is 14.8 Å². The van der Waals surface area contributed by atoms with Gasteiger partial charge in [-0.2, -0.15) is 5.10 Å². The Morgan fingerprint density at radius 2 is 1.80 bits per heavy atom. The number of carbonyl (C=O) groups is 1. The molecule has 0 aliphatic heterocycles. The number of ketones is 1. The highest BCUT2D eigenvalue weighted by Gasteiger charge is 2.11. The molecule has 0 fully saturated rings. The Labute approximate surface area is 123 Å². The molecule has 0 atom stereocenters. The van der Waals surface area contributed by atoms with Crippen molar-refractivity contribution >= 4 is 5.78 Å². The van der Waals surface area contributed by atoms with E-state index >= 15 is 0 Å². The van der Waals surface area contributed by atoms with E-state index in [0.29, 0.717) is 12.8 Å². The highest BCUT2D eigenvalue weighted by molar-refractivity contribution is 5.80. The summed E-state index contributed by atoms with van der Waals surface area (Å²) >= 11 is 0. The number of Topliss-reactive ketones (excluding diaryl/α,β-unsaturated/α-hetero) is 1. The lowest BCUT2D eigenvalue weighted by Crippen LogP contribution is -2.12. The van der Waals surface area contributed by atoms with Gasteiger partial charge in [0.1, 0.15) is 17.9 Å². The lowest BCUT2D eigenvalue weighted by molar-refractivity contribution is -0.118. The molecule has 0 bridgehead atoms. The minimum Gasteiger partial charge on any atom is -0.299 e. The smallest absolute Gasteiger partial charge is 0.140 e. The molecule has 0 spiro atoms. The van der Waals surface area contributed by atoms with Gasteiger partial charge >= 0.3 is 0 Å². The maximum Gasteiger partial charge on any atom is 0.140 e. The Balaban J connectivity index is 2.16. The van der Waals surface area contributed by atoms with E-state index in [2.05, 4.69) is 30.9 Å². The molecule has 0 aliphatic carbocycles. The molecule has 4 heteroatoms. The van der Waals surface area contributed by atoms with Crippen molar-refractivity contribution in [3.63, 3.8) is 0 Å². The van der Waals surface area contributed by atoms with Gasteiger partial charge < -0.3 is 0 Å². The van der Waals surface area contributed by atoms with Crippen LogP contribution in [-0.2, 0) is 11.2 Å². The third kappa shape index (κ3) is 6.31. The minimum atomic E-state index is 0.263. The quantitative estimate of drug-likeness (QED) is 0.573. The number of carbonyl (C=O) groups excluding carboxylic acids is 1. The molecular formula is C16H29N3O. The topological polar surface area (TPSA) is 47.8 Å². The zero-order valence-corrected chi connectivity index (χ0v) is 13.3. The van der Waals surface area contributed by atoms with E-state index in [1.54, 1.807) is 0 Å². The van der Waals surface area contributed by atoms with Gasteiger partial charge in [-0.3, -0.25) is 4.79 Å². The predicted octanol–water partition coefficient (Wildman–Crippen LogP) is 4.11. The first-order valence-corrected chi connectivity index (χ1v) is 8.05. The maximum absolute atomic E-state index is 11.9. The van der Waals surface area contributed by atoms with Gasteiger partial charge in [-0.05, 0) is 20.3 Å². The van der Waals surface area contributed by atoms with E-state index in [-0.39, 0.29) is 11.8 Å². The van der Waals surface area contributed by atoms with Gasteiger partial charge in [0.05, 0.1) is 6.42 Å². The zero-order valence-electron chi connectivity index (χ0n) is 13.3. The average Bonchev–Trinajstić information content (AvgIpc) is 2.86. The summed E-state index contributed by atoms with van der Waals surface area (Å²) in [5.74, 6) is 1.08. The van der Waals surface area contributed by atoms with E-state index in [1.165, 1.54) is 44.9 Å². The molecule has 0 aromatic carbocycles. The van der Waals surface area contributed by atoms with Crippen molar-refractivity contribution < 1.29 is 4.79 Å². The van der Waals surface area contributed by atoms with Crippen LogP contribution in [0.1, 0.15) is 84.0 Å². The highest BCUT2D eigenvalue weighted by atomic mass is 16.1. The van der Waals surface area contributed by atoms with E-state index in [1.807, 2.05) is 4.68 Å². The van der Waals surface area contributed by atoms with Crippen LogP contribution in [0.5, 0.6) is 0 Å². The molecule has 0 saturated carbocycles. The molecule has 0 N–H and O–H groups in total. The SMILES string of the molecule is CCCCCCCCCC(=O)Cc1ncnn1C(C)C. The molecule has 0 unspecified atom stereocenters. The van der Waals surface area contributed by atoms with Crippen LogP contribution in [0.2, 0.25) is 0 Å². The van der Waals surface area contributed by atoms with Gasteiger partial charge in [-0.15, -0.1) is 0 Å². The summed E-state index contributed by atoms with van der Waals surface area (Å²) < 4.78 is 1.84. The summed E-state index contributed by atoms with van der Waals surface area (Å²) in [6.45, 7) is 6.34. The van der Waals surface area contributed by atoms with Crippen LogP contribution in [0.25, 0.3) is 0 Å². The predicted molar refractivity (Wildman–Crippen MR) is 81.7 cm³/mol. The average molecular weight is 279 g/mol. The van der Waals surface area contributed by atoms with Crippen molar-refractivity contribution in [1.29, 1.82) is 0 Å². The second-order valence-electron chi connectivity index (χ2n) is 5.80. The summed E-state index contributed by atoms with van der Waals surface area (Å²) in [6.07, 6.45) is 11.4. The Hall–Kier alpha value is -1.19. The fraction of sp³-hybridized carbons (Fsp3) is 0.812. The first-order chi connectivity index (χ1) is 9.65. The third-order valence-electron chi connectivity index (χ3n) is 3.55. The fourth-order valence-corrected chi connectivity index (χ4v) is 2.38. The van der Waals surface area contributed by atoms with Gasteiger partial charge in [0.25, 0.3) is 0 Å². The zero-order chi connectivity index (χ0) is 14.8. The molecule has 20 heavy (non-hydrogen) atoms. The summed E-state index contributed by atoms with van der Waals surface area (Å²) in [4.78, 5) is 16.1. The van der Waals surface area contributed by atoms with Gasteiger partial charge in [0.2, 0.25) is 0 Å². The monoisotopic (exact) mass is 279 g/mol. The van der Waals surface area contributed by atoms with Crippen LogP contribution in [0.3, 0.4) is 0 Å². The highest BCUT2D eigenvalue weighted by Crippen LogP contribution is 2.11. The van der Waals surface area contributed by atoms with Gasteiger partial charge in [0.15, 0.2) is 0 Å².